The maximum atomic E-state index is 12.5. The number of nitrogens with one attached hydrogen (secondary N) is 1. The summed E-state index contributed by atoms with van der Waals surface area (Å²) in [6, 6.07) is 10.8. The standard InChI is InChI=1S/C22H16Br2N2O4/c1-11-15(4-3-5-16(11)23)22(28)29-10-13-6-7-14(12(2)18(13)24)21-26-19-17(30-21)8-9-25-20(19)27/h3-9H,10H2,1-2H3,(H,25,27). The summed E-state index contributed by atoms with van der Waals surface area (Å²) in [5.41, 5.74) is 4.15. The summed E-state index contributed by atoms with van der Waals surface area (Å²) in [6.45, 7) is 3.88. The molecule has 0 spiro atoms. The second-order valence-electron chi connectivity index (χ2n) is 6.74. The number of fused-ring (bicyclic) bond motifs is 1. The first kappa shape index (κ1) is 20.6. The molecule has 0 atom stereocenters. The Morgan fingerprint density at radius 1 is 1.13 bits per heavy atom. The quantitative estimate of drug-likeness (QED) is 0.342. The van der Waals surface area contributed by atoms with Gasteiger partial charge in [-0.1, -0.05) is 44.0 Å². The SMILES string of the molecule is Cc1c(Br)cccc1C(=O)OCc1ccc(-c2nc3c(=O)[nH]ccc3o2)c(C)c1Br. The Morgan fingerprint density at radius 2 is 1.93 bits per heavy atom. The maximum Gasteiger partial charge on any atom is 0.338 e. The minimum atomic E-state index is -0.388. The molecule has 2 aromatic heterocycles. The number of hydrogen-bond donors (Lipinski definition) is 1. The third-order valence-electron chi connectivity index (χ3n) is 4.86. The zero-order valence-electron chi connectivity index (χ0n) is 16.1. The number of hydrogen-bond acceptors (Lipinski definition) is 5. The Balaban J connectivity index is 1.60. The highest BCUT2D eigenvalue weighted by atomic mass is 79.9. The van der Waals surface area contributed by atoms with E-state index in [9.17, 15) is 9.59 Å². The molecule has 0 fully saturated rings. The van der Waals surface area contributed by atoms with Crippen LogP contribution in [0.4, 0.5) is 0 Å². The number of H-pyrrole nitrogens is 1. The highest BCUT2D eigenvalue weighted by Crippen LogP contribution is 2.33. The molecule has 30 heavy (non-hydrogen) atoms. The molecule has 2 heterocycles. The number of nitrogens with zero attached hydrogens (tertiary/aromatic N) is 1. The summed E-state index contributed by atoms with van der Waals surface area (Å²) in [5, 5.41) is 0. The van der Waals surface area contributed by atoms with E-state index in [0.29, 0.717) is 17.0 Å². The number of carbonyl (C=O) groups excluding carboxylic acids is 1. The second kappa shape index (κ2) is 8.20. The average Bonchev–Trinajstić information content (AvgIpc) is 3.16. The first-order chi connectivity index (χ1) is 14.4. The third-order valence-corrected chi connectivity index (χ3v) is 6.82. The van der Waals surface area contributed by atoms with Gasteiger partial charge in [0.05, 0.1) is 5.56 Å². The highest BCUT2D eigenvalue weighted by Gasteiger charge is 2.17. The summed E-state index contributed by atoms with van der Waals surface area (Å²) in [7, 11) is 0. The molecule has 1 N–H and O–H groups in total. The number of rotatable bonds is 4. The van der Waals surface area contributed by atoms with Crippen molar-refractivity contribution in [3.05, 3.63) is 84.1 Å². The summed E-state index contributed by atoms with van der Waals surface area (Å²) in [4.78, 5) is 31.3. The van der Waals surface area contributed by atoms with E-state index >= 15 is 0 Å². The number of ether oxygens (including phenoxy) is 1. The molecule has 0 aliphatic carbocycles. The van der Waals surface area contributed by atoms with E-state index in [2.05, 4.69) is 41.8 Å². The molecular weight excluding hydrogens is 516 g/mol. The fourth-order valence-corrected chi connectivity index (χ4v) is 3.94. The Hall–Kier alpha value is -2.71. The molecular formula is C22H16Br2N2O4. The van der Waals surface area contributed by atoms with E-state index in [1.165, 1.54) is 6.20 Å². The Kier molecular flexibility index (Phi) is 5.62. The van der Waals surface area contributed by atoms with E-state index in [4.69, 9.17) is 9.15 Å². The van der Waals surface area contributed by atoms with Crippen LogP contribution in [0, 0.1) is 13.8 Å². The molecule has 0 radical (unpaired) electrons. The van der Waals surface area contributed by atoms with Gasteiger partial charge < -0.3 is 14.1 Å². The van der Waals surface area contributed by atoms with Crippen molar-refractivity contribution in [3.63, 3.8) is 0 Å². The van der Waals surface area contributed by atoms with Crippen molar-refractivity contribution >= 4 is 48.9 Å². The molecule has 0 amide bonds. The Bertz CT molecular complexity index is 1340. The number of aromatic nitrogens is 2. The van der Waals surface area contributed by atoms with Crippen LogP contribution in [0.5, 0.6) is 0 Å². The average molecular weight is 532 g/mol. The van der Waals surface area contributed by atoms with E-state index in [-0.39, 0.29) is 23.7 Å². The van der Waals surface area contributed by atoms with Gasteiger partial charge in [0, 0.05) is 26.3 Å². The van der Waals surface area contributed by atoms with E-state index in [0.717, 1.165) is 31.2 Å². The molecule has 4 rings (SSSR count). The number of aromatic amines is 1. The first-order valence-electron chi connectivity index (χ1n) is 9.05. The van der Waals surface area contributed by atoms with E-state index < -0.39 is 0 Å². The fraction of sp³-hybridized carbons (Fsp3) is 0.136. The lowest BCUT2D eigenvalue weighted by Crippen LogP contribution is -2.08. The predicted molar refractivity (Wildman–Crippen MR) is 121 cm³/mol. The normalized spacial score (nSPS) is 11.1. The van der Waals surface area contributed by atoms with Gasteiger partial charge in [0.2, 0.25) is 5.89 Å². The number of oxazole rings is 1. The molecule has 6 nitrogen and oxygen atoms in total. The van der Waals surface area contributed by atoms with Gasteiger partial charge in [0.25, 0.3) is 5.56 Å². The van der Waals surface area contributed by atoms with E-state index in [1.807, 2.05) is 32.0 Å². The van der Waals surface area contributed by atoms with Gasteiger partial charge in [0.15, 0.2) is 11.1 Å². The van der Waals surface area contributed by atoms with Crippen LogP contribution < -0.4 is 5.56 Å². The summed E-state index contributed by atoms with van der Waals surface area (Å²) in [6.07, 6.45) is 1.52. The number of esters is 1. The number of carbonyl (C=O) groups is 1. The van der Waals surface area contributed by atoms with Gasteiger partial charge in [0.1, 0.15) is 6.61 Å². The lowest BCUT2D eigenvalue weighted by Gasteiger charge is -2.12. The Labute approximate surface area is 188 Å². The van der Waals surface area contributed by atoms with Crippen LogP contribution in [-0.2, 0) is 11.3 Å². The van der Waals surface area contributed by atoms with Crippen LogP contribution in [0.2, 0.25) is 0 Å². The molecule has 8 heteroatoms. The zero-order valence-corrected chi connectivity index (χ0v) is 19.3. The monoisotopic (exact) mass is 530 g/mol. The lowest BCUT2D eigenvalue weighted by molar-refractivity contribution is 0.0471. The van der Waals surface area contributed by atoms with Gasteiger partial charge in [-0.15, -0.1) is 0 Å². The fourth-order valence-electron chi connectivity index (χ4n) is 3.12. The first-order valence-corrected chi connectivity index (χ1v) is 10.6. The molecule has 4 aromatic rings. The van der Waals surface area contributed by atoms with E-state index in [1.54, 1.807) is 18.2 Å². The maximum absolute atomic E-state index is 12.5. The van der Waals surface area contributed by atoms with Crippen molar-refractivity contribution in [2.24, 2.45) is 0 Å². The van der Waals surface area contributed by atoms with Crippen molar-refractivity contribution in [2.45, 2.75) is 20.5 Å². The minimum Gasteiger partial charge on any atom is -0.457 e. The summed E-state index contributed by atoms with van der Waals surface area (Å²) in [5.74, 6) is -0.0335. The molecule has 0 aliphatic rings. The Morgan fingerprint density at radius 3 is 2.70 bits per heavy atom. The lowest BCUT2D eigenvalue weighted by atomic mass is 10.1. The molecule has 0 unspecified atom stereocenters. The van der Waals surface area contributed by atoms with Crippen molar-refractivity contribution in [1.82, 2.24) is 9.97 Å². The number of benzene rings is 2. The van der Waals surface area contributed by atoms with Gasteiger partial charge in [-0.25, -0.2) is 9.78 Å². The smallest absolute Gasteiger partial charge is 0.338 e. The second-order valence-corrected chi connectivity index (χ2v) is 8.39. The number of pyridine rings is 1. The van der Waals surface area contributed by atoms with Gasteiger partial charge in [-0.3, -0.25) is 4.79 Å². The topological polar surface area (TPSA) is 85.2 Å². The predicted octanol–water partition coefficient (Wildman–Crippen LogP) is 5.68. The van der Waals surface area contributed by atoms with Crippen molar-refractivity contribution in [1.29, 1.82) is 0 Å². The number of halogens is 2. The van der Waals surface area contributed by atoms with Crippen LogP contribution in [-0.4, -0.2) is 15.9 Å². The van der Waals surface area contributed by atoms with Crippen LogP contribution in [0.1, 0.15) is 27.0 Å². The zero-order chi connectivity index (χ0) is 21.4. The molecule has 0 bridgehead atoms. The third kappa shape index (κ3) is 3.73. The summed E-state index contributed by atoms with van der Waals surface area (Å²) < 4.78 is 12.9. The summed E-state index contributed by atoms with van der Waals surface area (Å²) >= 11 is 7.01. The minimum absolute atomic E-state index is 0.111. The highest BCUT2D eigenvalue weighted by molar-refractivity contribution is 9.10. The van der Waals surface area contributed by atoms with Crippen molar-refractivity contribution < 1.29 is 13.9 Å². The van der Waals surface area contributed by atoms with Gasteiger partial charge in [-0.2, -0.15) is 0 Å². The molecule has 0 saturated heterocycles. The molecule has 152 valence electrons. The van der Waals surface area contributed by atoms with Crippen LogP contribution >= 0.6 is 31.9 Å². The van der Waals surface area contributed by atoms with Gasteiger partial charge in [-0.05, 0) is 49.2 Å². The van der Waals surface area contributed by atoms with Crippen LogP contribution in [0.25, 0.3) is 22.6 Å². The molecule has 0 saturated carbocycles. The van der Waals surface area contributed by atoms with Crippen molar-refractivity contribution in [2.75, 3.05) is 0 Å². The van der Waals surface area contributed by atoms with Crippen molar-refractivity contribution in [3.8, 4) is 11.5 Å². The van der Waals surface area contributed by atoms with Gasteiger partial charge >= 0.3 is 5.97 Å². The largest absolute Gasteiger partial charge is 0.457 e. The van der Waals surface area contributed by atoms with Crippen LogP contribution in [0.15, 0.2) is 60.8 Å². The molecule has 0 aliphatic heterocycles. The molecule has 2 aromatic carbocycles. The van der Waals surface area contributed by atoms with Crippen LogP contribution in [0.3, 0.4) is 0 Å².